The Balaban J connectivity index is 1.67. The van der Waals surface area contributed by atoms with E-state index in [-0.39, 0.29) is 0 Å². The van der Waals surface area contributed by atoms with E-state index in [1.54, 1.807) is 0 Å². The number of benzene rings is 1. The number of nitrogens with one attached hydrogen (secondary N) is 1. The zero-order valence-corrected chi connectivity index (χ0v) is 10.8. The molecule has 1 saturated carbocycles. The predicted octanol–water partition coefficient (Wildman–Crippen LogP) is 2.78. The molecule has 0 spiro atoms. The van der Waals surface area contributed by atoms with Crippen LogP contribution in [0.15, 0.2) is 24.3 Å². The van der Waals surface area contributed by atoms with Crippen LogP contribution in [0.5, 0.6) is 0 Å². The van der Waals surface area contributed by atoms with Gasteiger partial charge in [0.05, 0.1) is 5.60 Å². The lowest BCUT2D eigenvalue weighted by Crippen LogP contribution is -2.38. The van der Waals surface area contributed by atoms with Gasteiger partial charge in [-0.1, -0.05) is 36.6 Å². The van der Waals surface area contributed by atoms with Gasteiger partial charge in [-0.05, 0) is 43.5 Å². The van der Waals surface area contributed by atoms with Crippen LogP contribution >= 0.6 is 11.6 Å². The van der Waals surface area contributed by atoms with Gasteiger partial charge in [-0.25, -0.2) is 0 Å². The Bertz CT molecular complexity index is 344. The van der Waals surface area contributed by atoms with Crippen LogP contribution in [0, 0.1) is 0 Å². The molecule has 2 rings (SSSR count). The van der Waals surface area contributed by atoms with Crippen molar-refractivity contribution in [2.24, 2.45) is 0 Å². The smallest absolute Gasteiger partial charge is 0.0771 e. The molecule has 3 heteroatoms. The average Bonchev–Trinajstić information content (AvgIpc) is 2.74. The van der Waals surface area contributed by atoms with Crippen LogP contribution in [-0.4, -0.2) is 23.8 Å². The summed E-state index contributed by atoms with van der Waals surface area (Å²) in [5.41, 5.74) is 0.834. The summed E-state index contributed by atoms with van der Waals surface area (Å²) in [4.78, 5) is 0. The number of rotatable bonds is 5. The molecule has 1 aromatic carbocycles. The van der Waals surface area contributed by atoms with Crippen molar-refractivity contribution in [1.29, 1.82) is 0 Å². The van der Waals surface area contributed by atoms with Gasteiger partial charge < -0.3 is 10.4 Å². The van der Waals surface area contributed by atoms with Crippen molar-refractivity contribution in [3.05, 3.63) is 34.9 Å². The highest BCUT2D eigenvalue weighted by molar-refractivity contribution is 6.30. The maximum Gasteiger partial charge on any atom is 0.0771 e. The van der Waals surface area contributed by atoms with E-state index in [4.69, 9.17) is 11.6 Å². The van der Waals surface area contributed by atoms with Crippen molar-refractivity contribution in [2.45, 2.75) is 37.7 Å². The summed E-state index contributed by atoms with van der Waals surface area (Å²) in [5, 5.41) is 14.3. The fourth-order valence-electron chi connectivity index (χ4n) is 2.41. The molecule has 1 aromatic rings. The van der Waals surface area contributed by atoms with Crippen molar-refractivity contribution in [3.63, 3.8) is 0 Å². The Labute approximate surface area is 108 Å². The van der Waals surface area contributed by atoms with E-state index in [1.165, 1.54) is 5.56 Å². The Morgan fingerprint density at radius 3 is 2.47 bits per heavy atom. The molecule has 0 heterocycles. The number of hydrogen-bond acceptors (Lipinski definition) is 2. The van der Waals surface area contributed by atoms with Gasteiger partial charge in [0.2, 0.25) is 0 Å². The van der Waals surface area contributed by atoms with E-state index in [0.717, 1.165) is 50.2 Å². The van der Waals surface area contributed by atoms with Crippen molar-refractivity contribution in [1.82, 2.24) is 5.32 Å². The largest absolute Gasteiger partial charge is 0.389 e. The first-order valence-electron chi connectivity index (χ1n) is 6.36. The quantitative estimate of drug-likeness (QED) is 0.791. The lowest BCUT2D eigenvalue weighted by molar-refractivity contribution is 0.0481. The van der Waals surface area contributed by atoms with Gasteiger partial charge in [0.15, 0.2) is 0 Å². The highest BCUT2D eigenvalue weighted by Gasteiger charge is 2.30. The van der Waals surface area contributed by atoms with Crippen molar-refractivity contribution >= 4 is 11.6 Å². The molecule has 0 aliphatic heterocycles. The number of halogens is 1. The number of hydrogen-bond donors (Lipinski definition) is 2. The highest BCUT2D eigenvalue weighted by Crippen LogP contribution is 2.28. The van der Waals surface area contributed by atoms with Gasteiger partial charge in [0, 0.05) is 11.6 Å². The lowest BCUT2D eigenvalue weighted by Gasteiger charge is -2.22. The third-order valence-electron chi connectivity index (χ3n) is 3.49. The molecule has 1 aliphatic rings. The van der Waals surface area contributed by atoms with Gasteiger partial charge in [-0.2, -0.15) is 0 Å². The Morgan fingerprint density at radius 1 is 1.18 bits per heavy atom. The van der Waals surface area contributed by atoms with Gasteiger partial charge in [0.25, 0.3) is 0 Å². The molecule has 0 atom stereocenters. The van der Waals surface area contributed by atoms with Gasteiger partial charge in [0.1, 0.15) is 0 Å². The summed E-state index contributed by atoms with van der Waals surface area (Å²) >= 11 is 5.83. The summed E-state index contributed by atoms with van der Waals surface area (Å²) in [6, 6.07) is 7.94. The van der Waals surface area contributed by atoms with E-state index in [9.17, 15) is 5.11 Å². The summed E-state index contributed by atoms with van der Waals surface area (Å²) in [5.74, 6) is 0. The Kier molecular flexibility index (Phi) is 4.43. The Morgan fingerprint density at radius 2 is 1.82 bits per heavy atom. The standard InChI is InChI=1S/C14H20ClNO/c15-13-5-3-12(4-6-13)7-10-16-11-14(17)8-1-2-9-14/h3-6,16-17H,1-2,7-11H2. The van der Waals surface area contributed by atoms with Crippen molar-refractivity contribution < 1.29 is 5.11 Å². The molecule has 1 fully saturated rings. The second-order valence-corrected chi connectivity index (χ2v) is 5.42. The molecule has 94 valence electrons. The first-order chi connectivity index (χ1) is 8.18. The monoisotopic (exact) mass is 253 g/mol. The zero-order valence-electron chi connectivity index (χ0n) is 10.1. The first-order valence-corrected chi connectivity index (χ1v) is 6.73. The first kappa shape index (κ1) is 12.9. The second kappa shape index (κ2) is 5.85. The van der Waals surface area contributed by atoms with Gasteiger partial charge in [-0.3, -0.25) is 0 Å². The fourth-order valence-corrected chi connectivity index (χ4v) is 2.54. The summed E-state index contributed by atoms with van der Waals surface area (Å²) in [6.45, 7) is 1.63. The van der Waals surface area contributed by atoms with Gasteiger partial charge >= 0.3 is 0 Å². The lowest BCUT2D eigenvalue weighted by atomic mass is 10.0. The van der Waals surface area contributed by atoms with E-state index < -0.39 is 5.60 Å². The van der Waals surface area contributed by atoms with Crippen LogP contribution in [-0.2, 0) is 6.42 Å². The maximum atomic E-state index is 10.1. The molecule has 0 radical (unpaired) electrons. The van der Waals surface area contributed by atoms with E-state index in [1.807, 2.05) is 24.3 Å². The van der Waals surface area contributed by atoms with Crippen LogP contribution in [0.3, 0.4) is 0 Å². The van der Waals surface area contributed by atoms with Crippen LogP contribution in [0.4, 0.5) is 0 Å². The molecule has 1 aliphatic carbocycles. The molecule has 17 heavy (non-hydrogen) atoms. The maximum absolute atomic E-state index is 10.1. The third-order valence-corrected chi connectivity index (χ3v) is 3.74. The molecule has 0 amide bonds. The van der Waals surface area contributed by atoms with Crippen LogP contribution in [0.2, 0.25) is 5.02 Å². The summed E-state index contributed by atoms with van der Waals surface area (Å²) < 4.78 is 0. The summed E-state index contributed by atoms with van der Waals surface area (Å²) in [6.07, 6.45) is 5.19. The topological polar surface area (TPSA) is 32.3 Å². The van der Waals surface area contributed by atoms with E-state index in [2.05, 4.69) is 5.32 Å². The minimum atomic E-state index is -0.444. The second-order valence-electron chi connectivity index (χ2n) is 4.98. The molecule has 0 saturated heterocycles. The molecule has 2 nitrogen and oxygen atoms in total. The van der Waals surface area contributed by atoms with E-state index >= 15 is 0 Å². The van der Waals surface area contributed by atoms with Crippen molar-refractivity contribution in [2.75, 3.05) is 13.1 Å². The molecule has 2 N–H and O–H groups in total. The molecular formula is C14H20ClNO. The molecule has 0 unspecified atom stereocenters. The summed E-state index contributed by atoms with van der Waals surface area (Å²) in [7, 11) is 0. The molecule has 0 bridgehead atoms. The highest BCUT2D eigenvalue weighted by atomic mass is 35.5. The molecule has 0 aromatic heterocycles. The van der Waals surface area contributed by atoms with E-state index in [0.29, 0.717) is 0 Å². The minimum Gasteiger partial charge on any atom is -0.389 e. The third kappa shape index (κ3) is 3.98. The minimum absolute atomic E-state index is 0.444. The normalized spacial score (nSPS) is 18.5. The number of aliphatic hydroxyl groups is 1. The fraction of sp³-hybridized carbons (Fsp3) is 0.571. The van der Waals surface area contributed by atoms with Crippen LogP contribution in [0.25, 0.3) is 0 Å². The zero-order chi connectivity index (χ0) is 12.1. The molecular weight excluding hydrogens is 234 g/mol. The van der Waals surface area contributed by atoms with Crippen molar-refractivity contribution in [3.8, 4) is 0 Å². The Hall–Kier alpha value is -0.570. The predicted molar refractivity (Wildman–Crippen MR) is 71.4 cm³/mol. The van der Waals surface area contributed by atoms with Gasteiger partial charge in [-0.15, -0.1) is 0 Å². The average molecular weight is 254 g/mol. The van der Waals surface area contributed by atoms with Crippen LogP contribution in [0.1, 0.15) is 31.2 Å². The SMILES string of the molecule is OC1(CNCCc2ccc(Cl)cc2)CCCC1. The van der Waals surface area contributed by atoms with Crippen LogP contribution < -0.4 is 5.32 Å².